The molecule has 0 bridgehead atoms. The third-order valence-electron chi connectivity index (χ3n) is 2.57. The number of halogens is 2. The average molecular weight is 260 g/mol. The van der Waals surface area contributed by atoms with Gasteiger partial charge in [-0.2, -0.15) is 0 Å². The molecule has 1 N–H and O–H groups in total. The fraction of sp³-hybridized carbons (Fsp3) is 0.538. The van der Waals surface area contributed by atoms with Gasteiger partial charge in [-0.05, 0) is 37.9 Å². The van der Waals surface area contributed by atoms with Gasteiger partial charge in [-0.15, -0.1) is 0 Å². The zero-order valence-electron chi connectivity index (χ0n) is 10.1. The predicted octanol–water partition coefficient (Wildman–Crippen LogP) is 3.04. The molecule has 1 rings (SSSR count). The second-order valence-electron chi connectivity index (χ2n) is 3.90. The van der Waals surface area contributed by atoms with Gasteiger partial charge >= 0.3 is 0 Å². The van der Waals surface area contributed by atoms with Crippen molar-refractivity contribution in [2.75, 3.05) is 26.8 Å². The maximum atomic E-state index is 13.4. The molecule has 1 aromatic rings. The number of ether oxygens (including phenoxy) is 1. The number of methoxy groups -OCH3 is 1. The molecule has 1 aromatic carbocycles. The van der Waals surface area contributed by atoms with Crippen LogP contribution in [-0.4, -0.2) is 26.8 Å². The Morgan fingerprint density at radius 1 is 1.29 bits per heavy atom. The second kappa shape index (κ2) is 8.45. The van der Waals surface area contributed by atoms with Gasteiger partial charge in [0.2, 0.25) is 0 Å². The zero-order valence-corrected chi connectivity index (χ0v) is 10.9. The SMILES string of the molecule is COCCNCCCCc1c(F)cccc1Cl. The molecule has 96 valence electrons. The summed E-state index contributed by atoms with van der Waals surface area (Å²) in [4.78, 5) is 0. The molecule has 4 heteroatoms. The Kier molecular flexibility index (Phi) is 7.17. The van der Waals surface area contributed by atoms with Crippen molar-refractivity contribution in [2.45, 2.75) is 19.3 Å². The molecule has 0 unspecified atom stereocenters. The summed E-state index contributed by atoms with van der Waals surface area (Å²) in [6.07, 6.45) is 2.63. The Hall–Kier alpha value is -0.640. The van der Waals surface area contributed by atoms with Gasteiger partial charge in [0, 0.05) is 24.2 Å². The van der Waals surface area contributed by atoms with Gasteiger partial charge in [-0.1, -0.05) is 17.7 Å². The number of benzene rings is 1. The fourth-order valence-corrected chi connectivity index (χ4v) is 1.88. The quantitative estimate of drug-likeness (QED) is 0.725. The van der Waals surface area contributed by atoms with Crippen LogP contribution >= 0.6 is 11.6 Å². The molecule has 0 radical (unpaired) electrons. The summed E-state index contributed by atoms with van der Waals surface area (Å²) in [6, 6.07) is 4.82. The number of hydrogen-bond acceptors (Lipinski definition) is 2. The van der Waals surface area contributed by atoms with Crippen molar-refractivity contribution in [2.24, 2.45) is 0 Å². The van der Waals surface area contributed by atoms with E-state index in [1.54, 1.807) is 19.2 Å². The van der Waals surface area contributed by atoms with Crippen LogP contribution in [0.4, 0.5) is 4.39 Å². The van der Waals surface area contributed by atoms with Crippen molar-refractivity contribution in [3.63, 3.8) is 0 Å². The van der Waals surface area contributed by atoms with E-state index in [2.05, 4.69) is 5.32 Å². The number of unbranched alkanes of at least 4 members (excludes halogenated alkanes) is 1. The molecule has 0 saturated heterocycles. The highest BCUT2D eigenvalue weighted by atomic mass is 35.5. The Labute approximate surface area is 107 Å². The fourth-order valence-electron chi connectivity index (χ4n) is 1.62. The number of nitrogens with one attached hydrogen (secondary N) is 1. The zero-order chi connectivity index (χ0) is 12.5. The van der Waals surface area contributed by atoms with E-state index in [4.69, 9.17) is 16.3 Å². The summed E-state index contributed by atoms with van der Waals surface area (Å²) < 4.78 is 18.3. The summed E-state index contributed by atoms with van der Waals surface area (Å²) in [5.74, 6) is -0.204. The number of hydrogen-bond donors (Lipinski definition) is 1. The van der Waals surface area contributed by atoms with Gasteiger partial charge in [0.15, 0.2) is 0 Å². The first-order chi connectivity index (χ1) is 8.25. The maximum absolute atomic E-state index is 13.4. The van der Waals surface area contributed by atoms with E-state index in [0.29, 0.717) is 17.0 Å². The maximum Gasteiger partial charge on any atom is 0.127 e. The molecule has 0 heterocycles. The first kappa shape index (κ1) is 14.4. The molecule has 0 atom stereocenters. The predicted molar refractivity (Wildman–Crippen MR) is 69.1 cm³/mol. The number of rotatable bonds is 8. The van der Waals surface area contributed by atoms with Crippen LogP contribution < -0.4 is 5.32 Å². The molecule has 0 fully saturated rings. The first-order valence-electron chi connectivity index (χ1n) is 5.88. The lowest BCUT2D eigenvalue weighted by Gasteiger charge is -2.06. The first-order valence-corrected chi connectivity index (χ1v) is 6.26. The molecule has 0 aliphatic carbocycles. The second-order valence-corrected chi connectivity index (χ2v) is 4.31. The van der Waals surface area contributed by atoms with E-state index < -0.39 is 0 Å². The van der Waals surface area contributed by atoms with Crippen molar-refractivity contribution < 1.29 is 9.13 Å². The van der Waals surface area contributed by atoms with Crippen LogP contribution in [0.15, 0.2) is 18.2 Å². The molecule has 0 spiro atoms. The van der Waals surface area contributed by atoms with E-state index in [1.165, 1.54) is 6.07 Å². The average Bonchev–Trinajstić information content (AvgIpc) is 2.31. The van der Waals surface area contributed by atoms with E-state index in [9.17, 15) is 4.39 Å². The van der Waals surface area contributed by atoms with Crippen LogP contribution in [0, 0.1) is 5.82 Å². The summed E-state index contributed by atoms with van der Waals surface area (Å²) >= 11 is 5.94. The van der Waals surface area contributed by atoms with Gasteiger partial charge < -0.3 is 10.1 Å². The molecule has 0 aromatic heterocycles. The topological polar surface area (TPSA) is 21.3 Å². The van der Waals surface area contributed by atoms with Crippen LogP contribution in [0.25, 0.3) is 0 Å². The Balaban J connectivity index is 2.18. The molecule has 17 heavy (non-hydrogen) atoms. The van der Waals surface area contributed by atoms with E-state index in [-0.39, 0.29) is 5.82 Å². The van der Waals surface area contributed by atoms with E-state index in [0.717, 1.165) is 32.5 Å². The lowest BCUT2D eigenvalue weighted by atomic mass is 10.1. The highest BCUT2D eigenvalue weighted by molar-refractivity contribution is 6.31. The molecular formula is C13H19ClFNO. The van der Waals surface area contributed by atoms with Crippen molar-refractivity contribution in [1.82, 2.24) is 5.32 Å². The van der Waals surface area contributed by atoms with Crippen molar-refractivity contribution in [3.05, 3.63) is 34.6 Å². The van der Waals surface area contributed by atoms with Gasteiger partial charge in [-0.25, -0.2) is 4.39 Å². The Bertz CT molecular complexity index is 313. The lowest BCUT2D eigenvalue weighted by Crippen LogP contribution is -2.20. The minimum Gasteiger partial charge on any atom is -0.383 e. The highest BCUT2D eigenvalue weighted by Gasteiger charge is 2.05. The minimum atomic E-state index is -0.204. The molecule has 2 nitrogen and oxygen atoms in total. The Morgan fingerprint density at radius 3 is 2.82 bits per heavy atom. The summed E-state index contributed by atoms with van der Waals surface area (Å²) in [5, 5.41) is 3.78. The van der Waals surface area contributed by atoms with Gasteiger partial charge in [-0.3, -0.25) is 0 Å². The van der Waals surface area contributed by atoms with E-state index >= 15 is 0 Å². The lowest BCUT2D eigenvalue weighted by molar-refractivity contribution is 0.199. The smallest absolute Gasteiger partial charge is 0.127 e. The summed E-state index contributed by atoms with van der Waals surface area (Å²) in [7, 11) is 1.68. The molecular weight excluding hydrogens is 241 g/mol. The van der Waals surface area contributed by atoms with Crippen molar-refractivity contribution in [1.29, 1.82) is 0 Å². The monoisotopic (exact) mass is 259 g/mol. The van der Waals surface area contributed by atoms with Gasteiger partial charge in [0.1, 0.15) is 5.82 Å². The van der Waals surface area contributed by atoms with Crippen LogP contribution in [0.1, 0.15) is 18.4 Å². The highest BCUT2D eigenvalue weighted by Crippen LogP contribution is 2.20. The van der Waals surface area contributed by atoms with Gasteiger partial charge in [0.05, 0.1) is 6.61 Å². The summed E-state index contributed by atoms with van der Waals surface area (Å²) in [6.45, 7) is 2.51. The minimum absolute atomic E-state index is 0.204. The van der Waals surface area contributed by atoms with Crippen molar-refractivity contribution in [3.8, 4) is 0 Å². The summed E-state index contributed by atoms with van der Waals surface area (Å²) in [5.41, 5.74) is 0.631. The Morgan fingerprint density at radius 2 is 2.12 bits per heavy atom. The third kappa shape index (κ3) is 5.48. The normalized spacial score (nSPS) is 10.8. The third-order valence-corrected chi connectivity index (χ3v) is 2.93. The molecule has 0 saturated carbocycles. The van der Waals surface area contributed by atoms with E-state index in [1.807, 2.05) is 0 Å². The standard InChI is InChI=1S/C13H19ClFNO/c1-17-10-9-16-8-3-2-5-11-12(14)6-4-7-13(11)15/h4,6-7,16H,2-3,5,8-10H2,1H3. The molecule has 0 aliphatic rings. The largest absolute Gasteiger partial charge is 0.383 e. The molecule has 0 aliphatic heterocycles. The van der Waals surface area contributed by atoms with Crippen LogP contribution in [0.5, 0.6) is 0 Å². The molecule has 0 amide bonds. The van der Waals surface area contributed by atoms with Gasteiger partial charge in [0.25, 0.3) is 0 Å². The van der Waals surface area contributed by atoms with Crippen molar-refractivity contribution >= 4 is 11.6 Å². The van der Waals surface area contributed by atoms with Crippen LogP contribution in [-0.2, 0) is 11.2 Å². The van der Waals surface area contributed by atoms with Crippen LogP contribution in [0.3, 0.4) is 0 Å². The van der Waals surface area contributed by atoms with Crippen LogP contribution in [0.2, 0.25) is 5.02 Å².